The van der Waals surface area contributed by atoms with Crippen molar-refractivity contribution < 1.29 is 13.5 Å². The van der Waals surface area contributed by atoms with Gasteiger partial charge in [-0.1, -0.05) is 30.8 Å². The van der Waals surface area contributed by atoms with Crippen molar-refractivity contribution in [3.8, 4) is 26.7 Å². The van der Waals surface area contributed by atoms with Crippen molar-refractivity contribution in [1.29, 1.82) is 0 Å². The van der Waals surface area contributed by atoms with Crippen molar-refractivity contribution in [2.24, 2.45) is 0 Å². The molecule has 0 aliphatic rings. The summed E-state index contributed by atoms with van der Waals surface area (Å²) in [6.07, 6.45) is 1.21. The van der Waals surface area contributed by atoms with E-state index in [-0.39, 0.29) is 0 Å². The molecule has 4 rings (SSSR count). The average Bonchev–Trinajstić information content (AvgIpc) is 3.40. The fraction of sp³-hybridized carbons (Fsp3) is 0.192. The third kappa shape index (κ3) is 4.85. The molecule has 0 aliphatic heterocycles. The second kappa shape index (κ2) is 8.41. The van der Waals surface area contributed by atoms with E-state index in [1.54, 1.807) is 43.4 Å². The van der Waals surface area contributed by atoms with Gasteiger partial charge in [-0.15, -0.1) is 11.3 Å². The second-order valence-corrected chi connectivity index (χ2v) is 11.8. The molecule has 170 valence electrons. The summed E-state index contributed by atoms with van der Waals surface area (Å²) in [7, 11) is -3.28. The first-order valence-corrected chi connectivity index (χ1v) is 13.1. The highest BCUT2D eigenvalue weighted by atomic mass is 32.2. The van der Waals surface area contributed by atoms with Gasteiger partial charge in [-0.25, -0.2) is 13.1 Å². The first kappa shape index (κ1) is 23.2. The predicted octanol–water partition coefficient (Wildman–Crippen LogP) is 5.93. The quantitative estimate of drug-likeness (QED) is 0.373. The molecular weight excluding hydrogens is 452 g/mol. The summed E-state index contributed by atoms with van der Waals surface area (Å²) in [4.78, 5) is 2.25. The number of hydrogen-bond acceptors (Lipinski definition) is 5. The van der Waals surface area contributed by atoms with Crippen LogP contribution in [0, 0.1) is 0 Å². The zero-order valence-corrected chi connectivity index (χ0v) is 20.7. The molecule has 5 nitrogen and oxygen atoms in total. The fourth-order valence-electron chi connectivity index (χ4n) is 3.49. The lowest BCUT2D eigenvalue weighted by Gasteiger charge is -2.19. The Balaban J connectivity index is 1.82. The maximum atomic E-state index is 12.0. The molecule has 0 saturated carbocycles. The molecule has 0 bridgehead atoms. The Morgan fingerprint density at radius 3 is 2.39 bits per heavy atom. The summed E-state index contributed by atoms with van der Waals surface area (Å²) in [5.41, 5.74) is 4.05. The fourth-order valence-corrected chi connectivity index (χ4v) is 5.16. The molecule has 0 unspecified atom stereocenters. The van der Waals surface area contributed by atoms with Crippen LogP contribution in [-0.2, 0) is 15.4 Å². The van der Waals surface area contributed by atoms with Gasteiger partial charge in [0.25, 0.3) is 0 Å². The minimum atomic E-state index is -3.28. The van der Waals surface area contributed by atoms with Crippen molar-refractivity contribution in [3.05, 3.63) is 84.6 Å². The minimum absolute atomic E-state index is 0.299. The van der Waals surface area contributed by atoms with Crippen LogP contribution in [0.15, 0.2) is 78.2 Å². The van der Waals surface area contributed by atoms with Crippen LogP contribution in [0.4, 0.5) is 0 Å². The molecule has 33 heavy (non-hydrogen) atoms. The zero-order valence-electron chi connectivity index (χ0n) is 19.0. The molecule has 0 fully saturated rings. The highest BCUT2D eigenvalue weighted by Crippen LogP contribution is 2.37. The first-order valence-electron chi connectivity index (χ1n) is 10.4. The Hall–Kier alpha value is -3.00. The second-order valence-electron chi connectivity index (χ2n) is 8.68. The van der Waals surface area contributed by atoms with Gasteiger partial charge in [0.2, 0.25) is 0 Å². The Labute approximate surface area is 198 Å². The topological polar surface area (TPSA) is 72.2 Å². The lowest BCUT2D eigenvalue weighted by Crippen LogP contribution is -2.15. The summed E-state index contributed by atoms with van der Waals surface area (Å²) >= 11 is 1.57. The molecular formula is C26H26N2O3S2. The SMILES string of the molecule is C=C(C)c1cc(-c2ccc(-c3cccc(S(C)(=O)=O)c3)s2)n(-c2cccc(C(C)(C)O)c2)n1. The highest BCUT2D eigenvalue weighted by Gasteiger charge is 2.19. The summed E-state index contributed by atoms with van der Waals surface area (Å²) in [6.45, 7) is 9.47. The van der Waals surface area contributed by atoms with E-state index >= 15 is 0 Å². The number of hydrogen-bond donors (Lipinski definition) is 1. The first-order chi connectivity index (χ1) is 15.4. The molecule has 0 aliphatic carbocycles. The van der Waals surface area contributed by atoms with Crippen LogP contribution in [0.2, 0.25) is 0 Å². The number of allylic oxidation sites excluding steroid dienone is 1. The van der Waals surface area contributed by atoms with Crippen LogP contribution in [0.1, 0.15) is 32.0 Å². The van der Waals surface area contributed by atoms with E-state index in [0.29, 0.717) is 4.90 Å². The van der Waals surface area contributed by atoms with Crippen LogP contribution < -0.4 is 0 Å². The van der Waals surface area contributed by atoms with Crippen LogP contribution >= 0.6 is 11.3 Å². The Bertz CT molecular complexity index is 1450. The van der Waals surface area contributed by atoms with Gasteiger partial charge < -0.3 is 5.11 Å². The van der Waals surface area contributed by atoms with E-state index in [4.69, 9.17) is 5.10 Å². The van der Waals surface area contributed by atoms with Crippen LogP contribution in [0.3, 0.4) is 0 Å². The van der Waals surface area contributed by atoms with E-state index in [0.717, 1.165) is 43.5 Å². The molecule has 0 atom stereocenters. The standard InChI is InChI=1S/C26H26N2O3S2/c1-17(2)22-16-23(28(27-22)20-10-7-9-19(15-20)26(3,4)29)25-13-12-24(32-25)18-8-6-11-21(14-18)33(5,30)31/h6-16,29H,1H2,2-5H3. The molecule has 0 spiro atoms. The maximum Gasteiger partial charge on any atom is 0.175 e. The number of nitrogens with zero attached hydrogens (tertiary/aromatic N) is 2. The van der Waals surface area contributed by atoms with Gasteiger partial charge in [0.1, 0.15) is 0 Å². The summed E-state index contributed by atoms with van der Waals surface area (Å²) in [5.74, 6) is 0. The van der Waals surface area contributed by atoms with E-state index < -0.39 is 15.4 Å². The molecule has 2 aromatic carbocycles. The third-order valence-electron chi connectivity index (χ3n) is 5.35. The molecule has 4 aromatic rings. The molecule has 7 heteroatoms. The molecule has 2 aromatic heterocycles. The number of thiophene rings is 1. The lowest BCUT2D eigenvalue weighted by molar-refractivity contribution is 0.0786. The van der Waals surface area contributed by atoms with Crippen molar-refractivity contribution >= 4 is 26.7 Å². The minimum Gasteiger partial charge on any atom is -0.386 e. The number of aromatic nitrogens is 2. The largest absolute Gasteiger partial charge is 0.386 e. The lowest BCUT2D eigenvalue weighted by atomic mass is 9.98. The molecule has 2 heterocycles. The summed E-state index contributed by atoms with van der Waals surface area (Å²) in [5, 5.41) is 15.2. The van der Waals surface area contributed by atoms with E-state index in [1.807, 2.05) is 60.1 Å². The normalized spacial score (nSPS) is 12.2. The van der Waals surface area contributed by atoms with Crippen molar-refractivity contribution in [2.75, 3.05) is 6.26 Å². The summed E-state index contributed by atoms with van der Waals surface area (Å²) in [6, 6.07) is 20.7. The maximum absolute atomic E-state index is 12.0. The van der Waals surface area contributed by atoms with Crippen LogP contribution in [0.25, 0.3) is 32.3 Å². The highest BCUT2D eigenvalue weighted by molar-refractivity contribution is 7.90. The molecule has 0 amide bonds. The number of sulfone groups is 1. The predicted molar refractivity (Wildman–Crippen MR) is 135 cm³/mol. The molecule has 0 radical (unpaired) electrons. The van der Waals surface area contributed by atoms with Gasteiger partial charge in [0.15, 0.2) is 9.84 Å². The van der Waals surface area contributed by atoms with E-state index in [2.05, 4.69) is 6.58 Å². The number of benzene rings is 2. The third-order valence-corrected chi connectivity index (χ3v) is 7.62. The number of aliphatic hydroxyl groups is 1. The molecule has 1 N–H and O–H groups in total. The average molecular weight is 479 g/mol. The van der Waals surface area contributed by atoms with Gasteiger partial charge in [0.05, 0.1) is 32.4 Å². The summed E-state index contributed by atoms with van der Waals surface area (Å²) < 4.78 is 25.8. The monoisotopic (exact) mass is 478 g/mol. The van der Waals surface area contributed by atoms with Crippen LogP contribution in [0.5, 0.6) is 0 Å². The van der Waals surface area contributed by atoms with Crippen LogP contribution in [-0.4, -0.2) is 29.6 Å². The number of rotatable bonds is 6. The van der Waals surface area contributed by atoms with Gasteiger partial charge >= 0.3 is 0 Å². The zero-order chi connectivity index (χ0) is 24.0. The van der Waals surface area contributed by atoms with Crippen molar-refractivity contribution in [1.82, 2.24) is 9.78 Å². The van der Waals surface area contributed by atoms with E-state index in [1.165, 1.54) is 6.26 Å². The van der Waals surface area contributed by atoms with Gasteiger partial charge in [-0.3, -0.25) is 0 Å². The van der Waals surface area contributed by atoms with Gasteiger partial charge in [-0.05, 0) is 79.9 Å². The Morgan fingerprint density at radius 1 is 1.03 bits per heavy atom. The van der Waals surface area contributed by atoms with Gasteiger partial charge in [-0.2, -0.15) is 5.10 Å². The Kier molecular flexibility index (Phi) is 5.90. The smallest absolute Gasteiger partial charge is 0.175 e. The van der Waals surface area contributed by atoms with Crippen molar-refractivity contribution in [2.45, 2.75) is 31.3 Å². The van der Waals surface area contributed by atoms with Gasteiger partial charge in [0, 0.05) is 11.1 Å². The Morgan fingerprint density at radius 2 is 1.73 bits per heavy atom. The molecule has 0 saturated heterocycles. The van der Waals surface area contributed by atoms with Crippen molar-refractivity contribution in [3.63, 3.8) is 0 Å². The van der Waals surface area contributed by atoms with E-state index in [9.17, 15) is 13.5 Å².